The van der Waals surface area contributed by atoms with Gasteiger partial charge in [0.25, 0.3) is 5.91 Å². The summed E-state index contributed by atoms with van der Waals surface area (Å²) in [6.45, 7) is 4.93. The monoisotopic (exact) mass is 520 g/mol. The van der Waals surface area contributed by atoms with Crippen molar-refractivity contribution in [2.45, 2.75) is 45.3 Å². The van der Waals surface area contributed by atoms with Crippen LogP contribution in [-0.2, 0) is 32.4 Å². The quantitative estimate of drug-likeness (QED) is 0.173. The molecule has 0 spiro atoms. The van der Waals surface area contributed by atoms with Gasteiger partial charge in [-0.25, -0.2) is 4.99 Å². The van der Waals surface area contributed by atoms with Gasteiger partial charge in [0, 0.05) is 17.6 Å². The second-order valence-electron chi connectivity index (χ2n) is 9.45. The molecule has 5 rings (SSSR count). The van der Waals surface area contributed by atoms with Crippen molar-refractivity contribution in [1.29, 1.82) is 0 Å². The number of fused-ring (bicyclic) bond motifs is 1. The summed E-state index contributed by atoms with van der Waals surface area (Å²) in [4.78, 5) is 19.5. The molecule has 0 radical (unpaired) electrons. The van der Waals surface area contributed by atoms with E-state index >= 15 is 0 Å². The molecule has 0 bridgehead atoms. The van der Waals surface area contributed by atoms with Gasteiger partial charge in [-0.15, -0.1) is 17.9 Å². The van der Waals surface area contributed by atoms with E-state index in [2.05, 4.69) is 30.1 Å². The topological polar surface area (TPSA) is 50.7 Å². The summed E-state index contributed by atoms with van der Waals surface area (Å²) in [6.07, 6.45) is 8.68. The highest BCUT2D eigenvalue weighted by Gasteiger charge is 2.25. The van der Waals surface area contributed by atoms with Crippen molar-refractivity contribution < 1.29 is 9.53 Å². The van der Waals surface area contributed by atoms with E-state index in [0.717, 1.165) is 64.3 Å². The Kier molecular flexibility index (Phi) is 8.46. The first-order valence-corrected chi connectivity index (χ1v) is 13.9. The number of rotatable bonds is 10. The lowest BCUT2D eigenvalue weighted by atomic mass is 9.95. The number of carbonyl (C=O) groups is 1. The van der Waals surface area contributed by atoms with E-state index in [1.807, 2.05) is 73.0 Å². The van der Waals surface area contributed by atoms with Gasteiger partial charge in [0.2, 0.25) is 0 Å². The molecule has 4 nitrogen and oxygen atoms in total. The summed E-state index contributed by atoms with van der Waals surface area (Å²) in [5, 5.41) is 3.91. The molecule has 1 aromatic heterocycles. The normalized spacial score (nSPS) is 12.7. The van der Waals surface area contributed by atoms with Crippen molar-refractivity contribution in [3.05, 3.63) is 130 Å². The van der Waals surface area contributed by atoms with Crippen LogP contribution in [0.2, 0.25) is 0 Å². The molecular formula is C33H32N2O2S. The van der Waals surface area contributed by atoms with Crippen molar-refractivity contribution in [3.8, 4) is 5.75 Å². The van der Waals surface area contributed by atoms with E-state index in [0.29, 0.717) is 19.6 Å². The van der Waals surface area contributed by atoms with Crippen LogP contribution in [-0.4, -0.2) is 12.1 Å². The molecule has 0 atom stereocenters. The van der Waals surface area contributed by atoms with Gasteiger partial charge in [-0.3, -0.25) is 4.79 Å². The summed E-state index contributed by atoms with van der Waals surface area (Å²) in [7, 11) is 0. The lowest BCUT2D eigenvalue weighted by Crippen LogP contribution is -2.24. The number of hydrogen-bond donors (Lipinski definition) is 1. The molecule has 1 N–H and O–H groups in total. The van der Waals surface area contributed by atoms with Gasteiger partial charge in [-0.05, 0) is 78.1 Å². The molecule has 3 aromatic carbocycles. The van der Waals surface area contributed by atoms with Crippen molar-refractivity contribution in [3.63, 3.8) is 0 Å². The maximum Gasteiger partial charge on any atom is 0.254 e. The van der Waals surface area contributed by atoms with Gasteiger partial charge in [-0.2, -0.15) is 0 Å². The number of carbonyl (C=O) groups excluding carboxylic acids is 1. The first kappa shape index (κ1) is 25.7. The average Bonchev–Trinajstić information content (AvgIpc) is 3.34. The average molecular weight is 521 g/mol. The van der Waals surface area contributed by atoms with Crippen molar-refractivity contribution >= 4 is 28.5 Å². The molecule has 1 aliphatic carbocycles. The third-order valence-corrected chi connectivity index (χ3v) is 7.89. The fourth-order valence-corrected chi connectivity index (χ4v) is 5.98. The number of nitrogens with zero attached hydrogens (tertiary/aromatic N) is 1. The fraction of sp³-hybridized carbons (Fsp3) is 0.212. The van der Waals surface area contributed by atoms with Gasteiger partial charge in [0.05, 0.1) is 5.56 Å². The van der Waals surface area contributed by atoms with Crippen LogP contribution in [0.5, 0.6) is 5.75 Å². The van der Waals surface area contributed by atoms with Gasteiger partial charge >= 0.3 is 0 Å². The maximum absolute atomic E-state index is 13.4. The second kappa shape index (κ2) is 12.5. The van der Waals surface area contributed by atoms with E-state index in [9.17, 15) is 4.79 Å². The number of thiophene rings is 1. The zero-order valence-electron chi connectivity index (χ0n) is 21.5. The Labute approximate surface area is 228 Å². The van der Waals surface area contributed by atoms with Crippen LogP contribution in [0, 0.1) is 0 Å². The Hall–Kier alpha value is -3.96. The predicted molar refractivity (Wildman–Crippen MR) is 157 cm³/mol. The Balaban J connectivity index is 1.36. The molecule has 38 heavy (non-hydrogen) atoms. The van der Waals surface area contributed by atoms with E-state index in [4.69, 9.17) is 9.73 Å². The van der Waals surface area contributed by atoms with Crippen LogP contribution in [0.4, 0.5) is 5.00 Å². The lowest BCUT2D eigenvalue weighted by Gasteiger charge is -2.13. The standard InChI is InChI=1S/C33H32N2O2S/c1-2-11-27-20-26(18-19-29(27)37-23-25-14-7-4-8-15-25)22-35-33-31(28-16-9-10-17-30(28)38-33)32(36)34-21-24-12-5-3-6-13-24/h2-8,12-15,18-20,22H,1,9-11,16-17,21,23H2,(H,34,36). The third-order valence-electron chi connectivity index (χ3n) is 6.69. The summed E-state index contributed by atoms with van der Waals surface area (Å²) in [6, 6.07) is 26.3. The Bertz CT molecular complexity index is 1420. The number of aryl methyl sites for hydroxylation is 1. The molecular weight excluding hydrogens is 488 g/mol. The minimum atomic E-state index is -0.0441. The van der Waals surface area contributed by atoms with Crippen molar-refractivity contribution in [2.24, 2.45) is 4.99 Å². The van der Waals surface area contributed by atoms with Gasteiger partial charge in [0.1, 0.15) is 17.4 Å². The highest BCUT2D eigenvalue weighted by Crippen LogP contribution is 2.40. The Morgan fingerprint density at radius 2 is 1.71 bits per heavy atom. The smallest absolute Gasteiger partial charge is 0.254 e. The highest BCUT2D eigenvalue weighted by molar-refractivity contribution is 7.16. The number of nitrogens with one attached hydrogen (secondary N) is 1. The number of allylic oxidation sites excluding steroid dienone is 1. The number of aliphatic imine (C=N–C) groups is 1. The highest BCUT2D eigenvalue weighted by atomic mass is 32.1. The van der Waals surface area contributed by atoms with Crippen LogP contribution in [0.3, 0.4) is 0 Å². The summed E-state index contributed by atoms with van der Waals surface area (Å²) in [5.74, 6) is 0.802. The molecule has 192 valence electrons. The minimum absolute atomic E-state index is 0.0441. The fourth-order valence-electron chi connectivity index (χ4n) is 4.75. The van der Waals surface area contributed by atoms with E-state index < -0.39 is 0 Å². The van der Waals surface area contributed by atoms with E-state index in [1.54, 1.807) is 11.3 Å². The number of ether oxygens (including phenoxy) is 1. The summed E-state index contributed by atoms with van der Waals surface area (Å²) >= 11 is 1.65. The Morgan fingerprint density at radius 3 is 2.47 bits per heavy atom. The van der Waals surface area contributed by atoms with Crippen LogP contribution in [0.1, 0.15) is 55.9 Å². The molecule has 0 saturated carbocycles. The molecule has 1 heterocycles. The van der Waals surface area contributed by atoms with Crippen molar-refractivity contribution in [2.75, 3.05) is 0 Å². The molecule has 1 amide bonds. The number of hydrogen-bond acceptors (Lipinski definition) is 4. The number of amides is 1. The first-order valence-electron chi connectivity index (χ1n) is 13.1. The van der Waals surface area contributed by atoms with Crippen LogP contribution in [0.25, 0.3) is 0 Å². The zero-order valence-corrected chi connectivity index (χ0v) is 22.3. The second-order valence-corrected chi connectivity index (χ2v) is 10.5. The SMILES string of the molecule is C=CCc1cc(C=Nc2sc3c(c2C(=O)NCc2ccccc2)CCCC3)ccc1OCc1ccccc1. The molecule has 1 aliphatic rings. The summed E-state index contributed by atoms with van der Waals surface area (Å²) in [5.41, 5.74) is 6.16. The first-order chi connectivity index (χ1) is 18.7. The minimum Gasteiger partial charge on any atom is -0.489 e. The molecule has 5 heteroatoms. The van der Waals surface area contributed by atoms with Gasteiger partial charge < -0.3 is 10.1 Å². The van der Waals surface area contributed by atoms with E-state index in [1.165, 1.54) is 10.4 Å². The van der Waals surface area contributed by atoms with Crippen molar-refractivity contribution in [1.82, 2.24) is 5.32 Å². The van der Waals surface area contributed by atoms with Gasteiger partial charge in [0.15, 0.2) is 0 Å². The molecule has 0 aliphatic heterocycles. The van der Waals surface area contributed by atoms with E-state index in [-0.39, 0.29) is 5.91 Å². The van der Waals surface area contributed by atoms with Crippen LogP contribution < -0.4 is 10.1 Å². The predicted octanol–water partition coefficient (Wildman–Crippen LogP) is 7.62. The molecule has 0 unspecified atom stereocenters. The summed E-state index contributed by atoms with van der Waals surface area (Å²) < 4.78 is 6.12. The lowest BCUT2D eigenvalue weighted by molar-refractivity contribution is 0.0951. The maximum atomic E-state index is 13.4. The van der Waals surface area contributed by atoms with Gasteiger partial charge in [-0.1, -0.05) is 66.7 Å². The van der Waals surface area contributed by atoms with Crippen LogP contribution >= 0.6 is 11.3 Å². The molecule has 0 saturated heterocycles. The number of benzene rings is 3. The largest absolute Gasteiger partial charge is 0.489 e. The van der Waals surface area contributed by atoms with Crippen LogP contribution in [0.15, 0.2) is 96.5 Å². The Morgan fingerprint density at radius 1 is 0.974 bits per heavy atom. The third kappa shape index (κ3) is 6.29. The molecule has 0 fully saturated rings. The zero-order chi connectivity index (χ0) is 26.2. The molecule has 4 aromatic rings.